The summed E-state index contributed by atoms with van der Waals surface area (Å²) in [4.78, 5) is 8.55. The van der Waals surface area contributed by atoms with Crippen LogP contribution in [0.3, 0.4) is 0 Å². The summed E-state index contributed by atoms with van der Waals surface area (Å²) >= 11 is 0. The Balaban J connectivity index is 1.80. The van der Waals surface area contributed by atoms with Gasteiger partial charge in [-0.25, -0.2) is 9.97 Å². The fourth-order valence-electron chi connectivity index (χ4n) is 3.12. The molecule has 0 aliphatic heterocycles. The Labute approximate surface area is 127 Å². The van der Waals surface area contributed by atoms with Gasteiger partial charge in [-0.3, -0.25) is 0 Å². The topological polar surface area (TPSA) is 51.8 Å². The quantitative estimate of drug-likeness (QED) is 0.913. The summed E-state index contributed by atoms with van der Waals surface area (Å²) in [5.74, 6) is 0. The number of hydrogen-bond acceptors (Lipinski definition) is 3. The van der Waals surface area contributed by atoms with Crippen molar-refractivity contribution in [3.8, 4) is 0 Å². The molecule has 2 aliphatic rings. The second-order valence-corrected chi connectivity index (χ2v) is 7.02. The maximum absolute atomic E-state index is 6.30. The highest BCUT2D eigenvalue weighted by molar-refractivity contribution is 5.34. The Hall–Kier alpha value is -1.64. The molecular weight excluding hydrogens is 258 g/mol. The SMILES string of the molecule is Cc1cc(CC2=C(N)CCCC(CC3(C)CC3)=C2)ncn1. The molecule has 0 amide bonds. The zero-order valence-corrected chi connectivity index (χ0v) is 13.2. The van der Waals surface area contributed by atoms with E-state index in [1.54, 1.807) is 11.9 Å². The Bertz CT molecular complexity index is 594. The molecule has 0 saturated heterocycles. The predicted molar refractivity (Wildman–Crippen MR) is 85.6 cm³/mol. The standard InChI is InChI=1S/C18H25N3/c1-13-8-16(21-12-20-13)10-15-9-14(4-3-5-17(15)19)11-18(2)6-7-18/h8-9,12H,3-7,10-11,19H2,1-2H3. The van der Waals surface area contributed by atoms with Gasteiger partial charge in [0.1, 0.15) is 6.33 Å². The summed E-state index contributed by atoms with van der Waals surface area (Å²) in [6.45, 7) is 4.41. The lowest BCUT2D eigenvalue weighted by molar-refractivity contribution is 0.551. The van der Waals surface area contributed by atoms with Crippen LogP contribution >= 0.6 is 0 Å². The molecule has 1 heterocycles. The maximum atomic E-state index is 6.30. The van der Waals surface area contributed by atoms with Crippen LogP contribution in [0, 0.1) is 12.3 Å². The van der Waals surface area contributed by atoms with E-state index in [1.165, 1.54) is 37.7 Å². The predicted octanol–water partition coefficient (Wildman–Crippen LogP) is 3.84. The van der Waals surface area contributed by atoms with E-state index in [0.29, 0.717) is 5.41 Å². The number of rotatable bonds is 4. The van der Waals surface area contributed by atoms with E-state index in [0.717, 1.165) is 29.9 Å². The van der Waals surface area contributed by atoms with Crippen molar-refractivity contribution in [1.82, 2.24) is 9.97 Å². The van der Waals surface area contributed by atoms with E-state index in [2.05, 4.69) is 29.0 Å². The van der Waals surface area contributed by atoms with Gasteiger partial charge >= 0.3 is 0 Å². The van der Waals surface area contributed by atoms with Crippen molar-refractivity contribution >= 4 is 0 Å². The van der Waals surface area contributed by atoms with Crippen LogP contribution in [0.4, 0.5) is 0 Å². The number of allylic oxidation sites excluding steroid dienone is 4. The molecule has 1 saturated carbocycles. The van der Waals surface area contributed by atoms with Gasteiger partial charge in [-0.15, -0.1) is 0 Å². The number of hydrogen-bond donors (Lipinski definition) is 1. The third-order valence-electron chi connectivity index (χ3n) is 4.72. The van der Waals surface area contributed by atoms with Gasteiger partial charge < -0.3 is 5.73 Å². The molecule has 1 aromatic rings. The van der Waals surface area contributed by atoms with E-state index >= 15 is 0 Å². The number of nitrogens with zero attached hydrogens (tertiary/aromatic N) is 2. The van der Waals surface area contributed by atoms with Crippen molar-refractivity contribution < 1.29 is 0 Å². The van der Waals surface area contributed by atoms with E-state index in [-0.39, 0.29) is 0 Å². The van der Waals surface area contributed by atoms with E-state index in [9.17, 15) is 0 Å². The molecule has 0 bridgehead atoms. The first-order chi connectivity index (χ1) is 10.0. The van der Waals surface area contributed by atoms with E-state index in [1.807, 2.05) is 6.92 Å². The maximum Gasteiger partial charge on any atom is 0.115 e. The van der Waals surface area contributed by atoms with Gasteiger partial charge in [0.15, 0.2) is 0 Å². The molecule has 2 N–H and O–H groups in total. The van der Waals surface area contributed by atoms with Gasteiger partial charge in [0, 0.05) is 23.5 Å². The van der Waals surface area contributed by atoms with Crippen LogP contribution in [-0.2, 0) is 6.42 Å². The second kappa shape index (κ2) is 5.63. The minimum Gasteiger partial charge on any atom is -0.402 e. The molecule has 112 valence electrons. The van der Waals surface area contributed by atoms with Gasteiger partial charge in [0.2, 0.25) is 0 Å². The van der Waals surface area contributed by atoms with Crippen LogP contribution in [-0.4, -0.2) is 9.97 Å². The Morgan fingerprint density at radius 2 is 2.05 bits per heavy atom. The summed E-state index contributed by atoms with van der Waals surface area (Å²) in [6.07, 6.45) is 12.2. The van der Waals surface area contributed by atoms with Gasteiger partial charge in [-0.05, 0) is 62.5 Å². The molecule has 3 heteroatoms. The molecule has 2 aliphatic carbocycles. The Kier molecular flexibility index (Phi) is 3.83. The highest BCUT2D eigenvalue weighted by Gasteiger charge is 2.37. The number of aromatic nitrogens is 2. The smallest absolute Gasteiger partial charge is 0.115 e. The normalized spacial score (nSPS) is 21.0. The molecule has 0 unspecified atom stereocenters. The average molecular weight is 283 g/mol. The minimum atomic E-state index is 0.571. The zero-order chi connectivity index (χ0) is 14.9. The van der Waals surface area contributed by atoms with Crippen LogP contribution in [0.1, 0.15) is 56.8 Å². The van der Waals surface area contributed by atoms with Crippen molar-refractivity contribution in [3.05, 3.63) is 46.7 Å². The molecule has 1 aromatic heterocycles. The van der Waals surface area contributed by atoms with Gasteiger partial charge in [0.25, 0.3) is 0 Å². The van der Waals surface area contributed by atoms with Crippen LogP contribution < -0.4 is 5.73 Å². The number of nitrogens with two attached hydrogens (primary N) is 1. The molecule has 3 rings (SSSR count). The first kappa shape index (κ1) is 14.3. The first-order valence-corrected chi connectivity index (χ1v) is 7.99. The van der Waals surface area contributed by atoms with Crippen molar-refractivity contribution in [1.29, 1.82) is 0 Å². The van der Waals surface area contributed by atoms with Crippen LogP contribution in [0.5, 0.6) is 0 Å². The van der Waals surface area contributed by atoms with E-state index < -0.39 is 0 Å². The monoisotopic (exact) mass is 283 g/mol. The van der Waals surface area contributed by atoms with Gasteiger partial charge in [0.05, 0.1) is 0 Å². The fourth-order valence-corrected chi connectivity index (χ4v) is 3.12. The second-order valence-electron chi connectivity index (χ2n) is 7.02. The van der Waals surface area contributed by atoms with Crippen LogP contribution in [0.15, 0.2) is 35.3 Å². The van der Waals surface area contributed by atoms with Crippen molar-refractivity contribution in [2.75, 3.05) is 0 Å². The van der Waals surface area contributed by atoms with Crippen LogP contribution in [0.2, 0.25) is 0 Å². The summed E-state index contributed by atoms with van der Waals surface area (Å²) in [7, 11) is 0. The largest absolute Gasteiger partial charge is 0.402 e. The summed E-state index contributed by atoms with van der Waals surface area (Å²) < 4.78 is 0. The average Bonchev–Trinajstić information content (AvgIpc) is 3.17. The van der Waals surface area contributed by atoms with E-state index in [4.69, 9.17) is 5.73 Å². The lowest BCUT2D eigenvalue weighted by atomic mass is 9.94. The fraction of sp³-hybridized carbons (Fsp3) is 0.556. The van der Waals surface area contributed by atoms with Crippen LogP contribution in [0.25, 0.3) is 0 Å². The summed E-state index contributed by atoms with van der Waals surface area (Å²) in [5.41, 5.74) is 12.8. The minimum absolute atomic E-state index is 0.571. The third kappa shape index (κ3) is 3.72. The first-order valence-electron chi connectivity index (χ1n) is 7.99. The summed E-state index contributed by atoms with van der Waals surface area (Å²) in [6, 6.07) is 2.06. The lowest BCUT2D eigenvalue weighted by Crippen LogP contribution is -2.04. The molecule has 3 nitrogen and oxygen atoms in total. The molecular formula is C18H25N3. The molecule has 0 aromatic carbocycles. The van der Waals surface area contributed by atoms with Gasteiger partial charge in [-0.1, -0.05) is 18.6 Å². The van der Waals surface area contributed by atoms with Crippen molar-refractivity contribution in [3.63, 3.8) is 0 Å². The Morgan fingerprint density at radius 1 is 1.24 bits per heavy atom. The molecule has 0 atom stereocenters. The zero-order valence-electron chi connectivity index (χ0n) is 13.2. The van der Waals surface area contributed by atoms with Crippen molar-refractivity contribution in [2.45, 2.75) is 58.8 Å². The third-order valence-corrected chi connectivity index (χ3v) is 4.72. The highest BCUT2D eigenvalue weighted by Crippen LogP contribution is 2.50. The van der Waals surface area contributed by atoms with Crippen molar-refractivity contribution in [2.24, 2.45) is 11.1 Å². The number of aryl methyl sites for hydroxylation is 1. The molecule has 21 heavy (non-hydrogen) atoms. The summed E-state index contributed by atoms with van der Waals surface area (Å²) in [5, 5.41) is 0. The molecule has 0 radical (unpaired) electrons. The molecule has 1 fully saturated rings. The Morgan fingerprint density at radius 3 is 2.76 bits per heavy atom. The van der Waals surface area contributed by atoms with Gasteiger partial charge in [-0.2, -0.15) is 0 Å². The molecule has 0 spiro atoms. The lowest BCUT2D eigenvalue weighted by Gasteiger charge is -2.12. The highest BCUT2D eigenvalue weighted by atomic mass is 14.8.